The molecule has 0 atom stereocenters. The van der Waals surface area contributed by atoms with Crippen LogP contribution in [0.15, 0.2) is 48.5 Å². The fourth-order valence-electron chi connectivity index (χ4n) is 3.76. The molecule has 0 fully saturated rings. The molecule has 2 N–H and O–H groups in total. The van der Waals surface area contributed by atoms with E-state index in [4.69, 9.17) is 0 Å². The molecule has 0 amide bonds. The van der Waals surface area contributed by atoms with Gasteiger partial charge in [-0.3, -0.25) is 0 Å². The van der Waals surface area contributed by atoms with Gasteiger partial charge in [-0.1, -0.05) is 72.6 Å². The van der Waals surface area contributed by atoms with Gasteiger partial charge in [0.15, 0.2) is 0 Å². The third kappa shape index (κ3) is 7.88. The van der Waals surface area contributed by atoms with Crippen LogP contribution < -0.4 is 10.6 Å². The van der Waals surface area contributed by atoms with E-state index >= 15 is 0 Å². The maximum absolute atomic E-state index is 4.34. The average molecular weight is 493 g/mol. The smallest absolute Gasteiger partial charge is 0.210 e. The molecule has 178 valence electrons. The monoisotopic (exact) mass is 492 g/mol. The van der Waals surface area contributed by atoms with Crippen LogP contribution in [0.5, 0.6) is 0 Å². The Bertz CT molecular complexity index is 1080. The molecule has 2 aromatic heterocycles. The summed E-state index contributed by atoms with van der Waals surface area (Å²) in [5.41, 5.74) is 4.60. The summed E-state index contributed by atoms with van der Waals surface area (Å²) in [5.74, 6) is 0. The number of aryl methyl sites for hydroxylation is 4. The third-order valence-corrected chi connectivity index (χ3v) is 7.30. The van der Waals surface area contributed by atoms with Crippen molar-refractivity contribution >= 4 is 44.3 Å². The van der Waals surface area contributed by atoms with E-state index in [1.54, 1.807) is 22.7 Å². The first-order chi connectivity index (χ1) is 16.6. The summed E-state index contributed by atoms with van der Waals surface area (Å²) in [7, 11) is 0. The van der Waals surface area contributed by atoms with Crippen LogP contribution in [0.25, 0.3) is 0 Å². The van der Waals surface area contributed by atoms with Gasteiger partial charge in [-0.15, -0.1) is 20.4 Å². The zero-order chi connectivity index (χ0) is 23.6. The number of anilines is 4. The Kier molecular flexibility index (Phi) is 8.98. The lowest BCUT2D eigenvalue weighted by Gasteiger charge is -2.02. The van der Waals surface area contributed by atoms with Crippen molar-refractivity contribution in [3.63, 3.8) is 0 Å². The molecule has 6 nitrogen and oxygen atoms in total. The zero-order valence-electron chi connectivity index (χ0n) is 19.9. The number of unbranched alkanes of at least 4 members (excludes halogenated alkanes) is 5. The number of aromatic nitrogens is 4. The molecule has 0 aliphatic rings. The lowest BCUT2D eigenvalue weighted by Crippen LogP contribution is -1.89. The maximum Gasteiger partial charge on any atom is 0.210 e. The van der Waals surface area contributed by atoms with E-state index in [9.17, 15) is 0 Å². The van der Waals surface area contributed by atoms with E-state index in [0.717, 1.165) is 44.5 Å². The fraction of sp³-hybridized carbons (Fsp3) is 0.385. The van der Waals surface area contributed by atoms with Crippen molar-refractivity contribution < 1.29 is 0 Å². The second-order valence-corrected chi connectivity index (χ2v) is 10.7. The van der Waals surface area contributed by atoms with E-state index in [2.05, 4.69) is 93.4 Å². The molecule has 4 aromatic rings. The Morgan fingerprint density at radius 2 is 1.03 bits per heavy atom. The van der Waals surface area contributed by atoms with Crippen LogP contribution in [-0.4, -0.2) is 20.4 Å². The predicted molar refractivity (Wildman–Crippen MR) is 144 cm³/mol. The predicted octanol–water partition coefficient (Wildman–Crippen LogP) is 7.62. The summed E-state index contributed by atoms with van der Waals surface area (Å²) < 4.78 is 0. The second kappa shape index (κ2) is 12.6. The number of hydrogen-bond acceptors (Lipinski definition) is 8. The van der Waals surface area contributed by atoms with Gasteiger partial charge in [0.25, 0.3) is 0 Å². The highest BCUT2D eigenvalue weighted by molar-refractivity contribution is 7.15. The van der Waals surface area contributed by atoms with Crippen molar-refractivity contribution in [1.29, 1.82) is 0 Å². The molecule has 34 heavy (non-hydrogen) atoms. The van der Waals surface area contributed by atoms with Gasteiger partial charge >= 0.3 is 0 Å². The van der Waals surface area contributed by atoms with E-state index in [1.165, 1.54) is 49.7 Å². The molecule has 0 radical (unpaired) electrons. The summed E-state index contributed by atoms with van der Waals surface area (Å²) in [6.45, 7) is 4.18. The molecule has 0 saturated carbocycles. The van der Waals surface area contributed by atoms with Crippen LogP contribution in [-0.2, 0) is 12.8 Å². The molecule has 2 aromatic carbocycles. The summed E-state index contributed by atoms with van der Waals surface area (Å²) >= 11 is 3.31. The van der Waals surface area contributed by atoms with Crippen molar-refractivity contribution in [3.8, 4) is 0 Å². The van der Waals surface area contributed by atoms with Gasteiger partial charge < -0.3 is 10.6 Å². The van der Waals surface area contributed by atoms with Crippen molar-refractivity contribution in [1.82, 2.24) is 20.4 Å². The normalized spacial score (nSPS) is 11.0. The highest BCUT2D eigenvalue weighted by Crippen LogP contribution is 2.24. The minimum Gasteiger partial charge on any atom is -0.330 e. The minimum atomic E-state index is 0.870. The van der Waals surface area contributed by atoms with Crippen LogP contribution in [0.3, 0.4) is 0 Å². The van der Waals surface area contributed by atoms with E-state index < -0.39 is 0 Å². The molecule has 0 saturated heterocycles. The molecule has 0 aliphatic carbocycles. The second-order valence-electron chi connectivity index (χ2n) is 8.61. The Morgan fingerprint density at radius 1 is 0.588 bits per heavy atom. The molecule has 8 heteroatoms. The van der Waals surface area contributed by atoms with E-state index in [1.807, 2.05) is 0 Å². The largest absolute Gasteiger partial charge is 0.330 e. The van der Waals surface area contributed by atoms with Gasteiger partial charge in [-0.25, -0.2) is 0 Å². The Morgan fingerprint density at radius 3 is 1.47 bits per heavy atom. The first-order valence-electron chi connectivity index (χ1n) is 12.0. The lowest BCUT2D eigenvalue weighted by molar-refractivity contribution is 0.591. The average Bonchev–Trinajstić information content (AvgIpc) is 3.45. The Hall–Kier alpha value is -2.84. The first kappa shape index (κ1) is 24.3. The molecular weight excluding hydrogens is 460 g/mol. The summed E-state index contributed by atoms with van der Waals surface area (Å²) in [4.78, 5) is 0. The maximum atomic E-state index is 4.34. The van der Waals surface area contributed by atoms with Gasteiger partial charge in [-0.2, -0.15) is 0 Å². The summed E-state index contributed by atoms with van der Waals surface area (Å²) in [5, 5.41) is 27.9. The third-order valence-electron chi connectivity index (χ3n) is 5.50. The van der Waals surface area contributed by atoms with Crippen LogP contribution in [0.2, 0.25) is 0 Å². The molecule has 0 aliphatic heterocycles. The summed E-state index contributed by atoms with van der Waals surface area (Å²) in [6.07, 6.45) is 9.37. The number of hydrogen-bond donors (Lipinski definition) is 2. The van der Waals surface area contributed by atoms with E-state index in [-0.39, 0.29) is 0 Å². The van der Waals surface area contributed by atoms with Gasteiger partial charge in [0.05, 0.1) is 0 Å². The molecule has 2 heterocycles. The van der Waals surface area contributed by atoms with Crippen LogP contribution in [0.4, 0.5) is 21.6 Å². The van der Waals surface area contributed by atoms with Gasteiger partial charge in [0.1, 0.15) is 10.0 Å². The van der Waals surface area contributed by atoms with E-state index in [0.29, 0.717) is 0 Å². The quantitative estimate of drug-likeness (QED) is 0.187. The van der Waals surface area contributed by atoms with Gasteiger partial charge in [0.2, 0.25) is 10.3 Å². The molecule has 0 spiro atoms. The van der Waals surface area contributed by atoms with Crippen molar-refractivity contribution in [2.24, 2.45) is 0 Å². The Labute approximate surface area is 209 Å². The topological polar surface area (TPSA) is 75.6 Å². The fourth-order valence-corrected chi connectivity index (χ4v) is 5.37. The lowest BCUT2D eigenvalue weighted by atomic mass is 10.1. The molecule has 0 bridgehead atoms. The number of nitrogens with one attached hydrogen (secondary N) is 2. The zero-order valence-corrected chi connectivity index (χ0v) is 21.5. The highest BCUT2D eigenvalue weighted by Gasteiger charge is 2.06. The standard InChI is InChI=1S/C26H32N6S2/c1-19-11-9-13-21(17-19)27-25-31-29-23(33-25)15-7-5-3-4-6-8-16-24-30-32-26(34-24)28-22-14-10-12-20(2)18-22/h9-14,17-18H,3-8,15-16H2,1-2H3,(H,27,31)(H,28,32). The Balaban J connectivity index is 1.06. The summed E-state index contributed by atoms with van der Waals surface area (Å²) in [6, 6.07) is 16.6. The van der Waals surface area contributed by atoms with Crippen molar-refractivity contribution in [2.75, 3.05) is 10.6 Å². The molecular formula is C26H32N6S2. The molecule has 0 unspecified atom stereocenters. The number of nitrogens with zero attached hydrogens (tertiary/aromatic N) is 4. The minimum absolute atomic E-state index is 0.870. The molecule has 4 rings (SSSR count). The van der Waals surface area contributed by atoms with Crippen LogP contribution >= 0.6 is 22.7 Å². The van der Waals surface area contributed by atoms with Crippen LogP contribution in [0, 0.1) is 13.8 Å². The van der Waals surface area contributed by atoms with Crippen molar-refractivity contribution in [2.45, 2.75) is 65.2 Å². The van der Waals surface area contributed by atoms with Crippen molar-refractivity contribution in [3.05, 3.63) is 69.7 Å². The van der Waals surface area contributed by atoms with Gasteiger partial charge in [-0.05, 0) is 62.1 Å². The first-order valence-corrected chi connectivity index (χ1v) is 13.6. The number of benzene rings is 2. The SMILES string of the molecule is Cc1cccc(Nc2nnc(CCCCCCCCc3nnc(Nc4cccc(C)c4)s3)s2)c1. The number of rotatable bonds is 13. The highest BCUT2D eigenvalue weighted by atomic mass is 32.1. The van der Waals surface area contributed by atoms with Crippen LogP contribution in [0.1, 0.15) is 59.7 Å². The van der Waals surface area contributed by atoms with Gasteiger partial charge in [0, 0.05) is 24.2 Å².